The summed E-state index contributed by atoms with van der Waals surface area (Å²) in [4.78, 5) is 29.3. The zero-order valence-corrected chi connectivity index (χ0v) is 19.9. The fourth-order valence-electron chi connectivity index (χ4n) is 2.98. The van der Waals surface area contributed by atoms with Crippen LogP contribution in [0.3, 0.4) is 0 Å². The van der Waals surface area contributed by atoms with Crippen LogP contribution in [0.15, 0.2) is 28.7 Å². The van der Waals surface area contributed by atoms with Crippen molar-refractivity contribution in [2.24, 2.45) is 0 Å². The monoisotopic (exact) mass is 458 g/mol. The zero-order valence-electron chi connectivity index (χ0n) is 18.2. The van der Waals surface area contributed by atoms with Crippen molar-refractivity contribution >= 4 is 45.7 Å². The minimum Gasteiger partial charge on any atom is -0.325 e. The Morgan fingerprint density at radius 2 is 1.97 bits per heavy atom. The zero-order chi connectivity index (χ0) is 22.5. The summed E-state index contributed by atoms with van der Waals surface area (Å²) in [5, 5.41) is 16.8. The molecule has 0 spiro atoms. The first-order valence-corrected chi connectivity index (χ1v) is 11.7. The number of aromatic nitrogens is 4. The highest BCUT2D eigenvalue weighted by Crippen LogP contribution is 2.25. The van der Waals surface area contributed by atoms with Crippen molar-refractivity contribution < 1.29 is 9.59 Å². The molecule has 10 heteroatoms. The molecule has 0 unspecified atom stereocenters. The Morgan fingerprint density at radius 3 is 2.61 bits per heavy atom. The Morgan fingerprint density at radius 1 is 1.19 bits per heavy atom. The van der Waals surface area contributed by atoms with Gasteiger partial charge in [0.15, 0.2) is 10.3 Å². The summed E-state index contributed by atoms with van der Waals surface area (Å²) in [6.45, 7) is 10.2. The van der Waals surface area contributed by atoms with Crippen molar-refractivity contribution in [1.29, 1.82) is 0 Å². The summed E-state index contributed by atoms with van der Waals surface area (Å²) < 4.78 is 1.86. The SMILES string of the molecule is CCn1c(CC(=O)Nc2ccc(C)cc2C)nnc1S[C@@H](C)C(=O)Nc1nc(C)cs1. The minimum atomic E-state index is -0.393. The Bertz CT molecular complexity index is 1090. The number of aryl methyl sites for hydroxylation is 3. The summed E-state index contributed by atoms with van der Waals surface area (Å²) >= 11 is 2.70. The molecule has 0 aliphatic carbocycles. The average Bonchev–Trinajstić information content (AvgIpc) is 3.29. The molecule has 0 aliphatic rings. The number of anilines is 2. The number of carbonyl (C=O) groups is 2. The number of amides is 2. The summed E-state index contributed by atoms with van der Waals surface area (Å²) in [7, 11) is 0. The van der Waals surface area contributed by atoms with Gasteiger partial charge in [0.1, 0.15) is 5.82 Å². The predicted molar refractivity (Wildman–Crippen MR) is 125 cm³/mol. The van der Waals surface area contributed by atoms with E-state index in [1.54, 1.807) is 0 Å². The van der Waals surface area contributed by atoms with Crippen molar-refractivity contribution in [2.45, 2.75) is 58.0 Å². The van der Waals surface area contributed by atoms with Crippen molar-refractivity contribution in [2.75, 3.05) is 10.6 Å². The number of rotatable bonds is 8. The first kappa shape index (κ1) is 23.0. The number of hydrogen-bond donors (Lipinski definition) is 2. The quantitative estimate of drug-likeness (QED) is 0.495. The van der Waals surface area contributed by atoms with Gasteiger partial charge in [0.05, 0.1) is 17.4 Å². The first-order valence-electron chi connectivity index (χ1n) is 9.95. The Labute approximate surface area is 189 Å². The minimum absolute atomic E-state index is 0.105. The van der Waals surface area contributed by atoms with E-state index in [-0.39, 0.29) is 18.2 Å². The molecular weight excluding hydrogens is 432 g/mol. The topological polar surface area (TPSA) is 102 Å². The Balaban J connectivity index is 1.64. The molecule has 1 aromatic carbocycles. The van der Waals surface area contributed by atoms with Crippen LogP contribution in [0, 0.1) is 20.8 Å². The standard InChI is InChI=1S/C21H26N6O2S2/c1-6-27-17(10-18(28)23-16-8-7-12(2)9-13(16)3)25-26-21(27)31-15(5)19(29)24-20-22-14(4)11-30-20/h7-9,11,15H,6,10H2,1-5H3,(H,23,28)(H,22,24,29)/t15-/m0/s1. The van der Waals surface area contributed by atoms with Crippen LogP contribution < -0.4 is 10.6 Å². The molecule has 0 saturated heterocycles. The number of carbonyl (C=O) groups excluding carboxylic acids is 2. The number of thioether (sulfide) groups is 1. The molecule has 3 rings (SSSR count). The number of benzene rings is 1. The van der Waals surface area contributed by atoms with Gasteiger partial charge < -0.3 is 15.2 Å². The van der Waals surface area contributed by atoms with Crippen LogP contribution in [-0.4, -0.2) is 36.8 Å². The van der Waals surface area contributed by atoms with Gasteiger partial charge in [0.25, 0.3) is 0 Å². The normalized spacial score (nSPS) is 11.9. The maximum Gasteiger partial charge on any atom is 0.239 e. The number of thiazole rings is 1. The molecule has 2 N–H and O–H groups in total. The first-order chi connectivity index (χ1) is 14.8. The van der Waals surface area contributed by atoms with E-state index in [4.69, 9.17) is 0 Å². The van der Waals surface area contributed by atoms with Crippen LogP contribution in [0.5, 0.6) is 0 Å². The van der Waals surface area contributed by atoms with E-state index in [0.717, 1.165) is 22.5 Å². The summed E-state index contributed by atoms with van der Waals surface area (Å²) in [6.07, 6.45) is 0.105. The molecule has 0 bridgehead atoms. The molecule has 0 saturated carbocycles. The van der Waals surface area contributed by atoms with Gasteiger partial charge >= 0.3 is 0 Å². The van der Waals surface area contributed by atoms with Gasteiger partial charge in [-0.1, -0.05) is 29.5 Å². The molecule has 2 aromatic heterocycles. The van der Waals surface area contributed by atoms with E-state index in [2.05, 4.69) is 25.8 Å². The highest BCUT2D eigenvalue weighted by Gasteiger charge is 2.21. The van der Waals surface area contributed by atoms with Crippen LogP contribution in [0.2, 0.25) is 0 Å². The van der Waals surface area contributed by atoms with Crippen LogP contribution in [-0.2, 0) is 22.6 Å². The van der Waals surface area contributed by atoms with Crippen molar-refractivity contribution in [1.82, 2.24) is 19.7 Å². The van der Waals surface area contributed by atoms with E-state index in [9.17, 15) is 9.59 Å². The number of nitrogens with zero attached hydrogens (tertiary/aromatic N) is 4. The van der Waals surface area contributed by atoms with Gasteiger partial charge in [-0.15, -0.1) is 21.5 Å². The van der Waals surface area contributed by atoms with E-state index in [1.165, 1.54) is 23.1 Å². The van der Waals surface area contributed by atoms with Crippen LogP contribution in [0.4, 0.5) is 10.8 Å². The fraction of sp³-hybridized carbons (Fsp3) is 0.381. The number of hydrogen-bond acceptors (Lipinski definition) is 7. The largest absolute Gasteiger partial charge is 0.325 e. The van der Waals surface area contributed by atoms with Gasteiger partial charge in [-0.05, 0) is 46.2 Å². The highest BCUT2D eigenvalue weighted by molar-refractivity contribution is 8.00. The van der Waals surface area contributed by atoms with E-state index in [1.807, 2.05) is 62.8 Å². The Hall–Kier alpha value is -2.72. The molecule has 2 heterocycles. The average molecular weight is 459 g/mol. The number of nitrogens with one attached hydrogen (secondary N) is 2. The third-order valence-electron chi connectivity index (χ3n) is 4.58. The molecule has 1 atom stereocenters. The molecule has 0 aliphatic heterocycles. The molecule has 8 nitrogen and oxygen atoms in total. The second kappa shape index (κ2) is 10.1. The molecule has 0 fully saturated rings. The lowest BCUT2D eigenvalue weighted by Crippen LogP contribution is -2.23. The molecular formula is C21H26N6O2S2. The fourth-order valence-corrected chi connectivity index (χ4v) is 4.60. The van der Waals surface area contributed by atoms with E-state index < -0.39 is 5.25 Å². The molecule has 31 heavy (non-hydrogen) atoms. The third kappa shape index (κ3) is 5.92. The molecule has 3 aromatic rings. The van der Waals surface area contributed by atoms with Crippen molar-refractivity contribution in [3.05, 3.63) is 46.2 Å². The smallest absolute Gasteiger partial charge is 0.239 e. The summed E-state index contributed by atoms with van der Waals surface area (Å²) in [5.41, 5.74) is 3.81. The van der Waals surface area contributed by atoms with Gasteiger partial charge in [0.2, 0.25) is 11.8 Å². The van der Waals surface area contributed by atoms with E-state index >= 15 is 0 Å². The van der Waals surface area contributed by atoms with Gasteiger partial charge in [0, 0.05) is 17.6 Å². The lowest BCUT2D eigenvalue weighted by atomic mass is 10.1. The lowest BCUT2D eigenvalue weighted by molar-refractivity contribution is -0.116. The van der Waals surface area contributed by atoms with Gasteiger partial charge in [-0.2, -0.15) is 0 Å². The van der Waals surface area contributed by atoms with Gasteiger partial charge in [-0.25, -0.2) is 4.98 Å². The Kier molecular flexibility index (Phi) is 7.45. The second-order valence-electron chi connectivity index (χ2n) is 7.23. The van der Waals surface area contributed by atoms with E-state index in [0.29, 0.717) is 22.7 Å². The van der Waals surface area contributed by atoms with Crippen LogP contribution in [0.25, 0.3) is 0 Å². The summed E-state index contributed by atoms with van der Waals surface area (Å²) in [6, 6.07) is 5.89. The van der Waals surface area contributed by atoms with Crippen molar-refractivity contribution in [3.8, 4) is 0 Å². The maximum atomic E-state index is 12.6. The molecule has 2 amide bonds. The van der Waals surface area contributed by atoms with Crippen molar-refractivity contribution in [3.63, 3.8) is 0 Å². The predicted octanol–water partition coefficient (Wildman–Crippen LogP) is 3.98. The maximum absolute atomic E-state index is 12.6. The van der Waals surface area contributed by atoms with Crippen LogP contribution in [0.1, 0.15) is 36.5 Å². The van der Waals surface area contributed by atoms with Crippen LogP contribution >= 0.6 is 23.1 Å². The highest BCUT2D eigenvalue weighted by atomic mass is 32.2. The summed E-state index contributed by atoms with van der Waals surface area (Å²) in [5.74, 6) is 0.255. The lowest BCUT2D eigenvalue weighted by Gasteiger charge is -2.12. The van der Waals surface area contributed by atoms with Gasteiger partial charge in [-0.3, -0.25) is 9.59 Å². The third-order valence-corrected chi connectivity index (χ3v) is 6.54. The molecule has 0 radical (unpaired) electrons. The molecule has 164 valence electrons. The second-order valence-corrected chi connectivity index (χ2v) is 9.40.